The van der Waals surface area contributed by atoms with Crippen molar-refractivity contribution in [3.05, 3.63) is 96.2 Å². The van der Waals surface area contributed by atoms with Crippen LogP contribution in [0.1, 0.15) is 24.1 Å². The van der Waals surface area contributed by atoms with E-state index in [1.165, 1.54) is 42.3 Å². The Morgan fingerprint density at radius 2 is 1.29 bits per heavy atom. The number of fused-ring (bicyclic) bond motifs is 7. The van der Waals surface area contributed by atoms with E-state index in [0.29, 0.717) is 6.71 Å². The van der Waals surface area contributed by atoms with E-state index in [1.54, 1.807) is 48.4 Å². The van der Waals surface area contributed by atoms with Crippen LogP contribution in [0.3, 0.4) is 0 Å². The van der Waals surface area contributed by atoms with Gasteiger partial charge in [0.15, 0.2) is 0 Å². The highest BCUT2D eigenvalue weighted by Gasteiger charge is 2.49. The van der Waals surface area contributed by atoms with E-state index in [4.69, 9.17) is 0 Å². The Kier molecular flexibility index (Phi) is 4.66. The van der Waals surface area contributed by atoms with Crippen molar-refractivity contribution in [2.24, 2.45) is 0 Å². The van der Waals surface area contributed by atoms with Crippen LogP contribution in [0.5, 0.6) is 0 Å². The summed E-state index contributed by atoms with van der Waals surface area (Å²) in [7, 11) is -3.66. The number of hydrogen-bond acceptors (Lipinski definition) is 0. The van der Waals surface area contributed by atoms with Crippen molar-refractivity contribution >= 4 is 70.9 Å². The Labute approximate surface area is 228 Å². The summed E-state index contributed by atoms with van der Waals surface area (Å²) in [5.74, 6) is 0. The summed E-state index contributed by atoms with van der Waals surface area (Å²) >= 11 is 0. The van der Waals surface area contributed by atoms with Gasteiger partial charge in [-0.05, 0) is 49.4 Å². The molecule has 3 aliphatic rings. The Hall–Kier alpha value is -3.08. The third kappa shape index (κ3) is 2.83. The molecule has 0 amide bonds. The first kappa shape index (κ1) is 22.9. The maximum Gasteiger partial charge on any atom is 0.240 e. The van der Waals surface area contributed by atoms with Crippen molar-refractivity contribution in [3.8, 4) is 5.69 Å². The van der Waals surface area contributed by atoms with Gasteiger partial charge in [-0.25, -0.2) is 0 Å². The van der Waals surface area contributed by atoms with Crippen molar-refractivity contribution in [2.45, 2.75) is 51.9 Å². The molecule has 4 aromatic carbocycles. The predicted octanol–water partition coefficient (Wildman–Crippen LogP) is 3.30. The summed E-state index contributed by atoms with van der Waals surface area (Å²) in [5, 5.41) is 8.04. The summed E-state index contributed by atoms with van der Waals surface area (Å²) in [6, 6.07) is 33.4. The summed E-state index contributed by atoms with van der Waals surface area (Å²) < 4.78 is 2.62. The molecule has 38 heavy (non-hydrogen) atoms. The second kappa shape index (κ2) is 7.74. The lowest BCUT2D eigenvalue weighted by molar-refractivity contribution is 0.667. The maximum absolute atomic E-state index is 2.62. The number of aryl methyl sites for hydroxylation is 1. The molecular weight excluding hydrogens is 489 g/mol. The number of rotatable bonds is 1. The van der Waals surface area contributed by atoms with Crippen LogP contribution in [-0.4, -0.2) is 27.4 Å². The quantitative estimate of drug-likeness (QED) is 0.297. The van der Waals surface area contributed by atoms with Crippen molar-refractivity contribution in [2.75, 3.05) is 0 Å². The van der Waals surface area contributed by atoms with Crippen LogP contribution in [0, 0.1) is 0 Å². The van der Waals surface area contributed by atoms with Gasteiger partial charge in [0.25, 0.3) is 0 Å². The lowest BCUT2D eigenvalue weighted by Crippen LogP contribution is -2.86. The van der Waals surface area contributed by atoms with Gasteiger partial charge in [0, 0.05) is 16.8 Å². The molecular formula is C34H34BNSi2. The van der Waals surface area contributed by atoms with Gasteiger partial charge in [0.2, 0.25) is 6.71 Å². The summed E-state index contributed by atoms with van der Waals surface area (Å²) in [5.41, 5.74) is 10.7. The van der Waals surface area contributed by atoms with Crippen LogP contribution >= 0.6 is 0 Å². The average molecular weight is 524 g/mol. The van der Waals surface area contributed by atoms with Crippen molar-refractivity contribution in [3.63, 3.8) is 0 Å². The van der Waals surface area contributed by atoms with Gasteiger partial charge in [0.05, 0.1) is 5.52 Å². The highest BCUT2D eigenvalue weighted by molar-refractivity contribution is 7.21. The zero-order valence-electron chi connectivity index (χ0n) is 22.9. The first-order valence-electron chi connectivity index (χ1n) is 14.4. The van der Waals surface area contributed by atoms with E-state index >= 15 is 0 Å². The Bertz CT molecular complexity index is 1790. The van der Waals surface area contributed by atoms with E-state index in [0.717, 1.165) is 0 Å². The van der Waals surface area contributed by atoms with Gasteiger partial charge in [-0.1, -0.05) is 130 Å². The molecule has 4 heteroatoms. The fourth-order valence-electron chi connectivity index (χ4n) is 8.32. The van der Waals surface area contributed by atoms with Gasteiger partial charge in [-0.3, -0.25) is 0 Å². The average Bonchev–Trinajstić information content (AvgIpc) is 3.27. The molecule has 5 aromatic rings. The summed E-state index contributed by atoms with van der Waals surface area (Å²) in [6.45, 7) is 10.7. The SMILES string of the molecule is C[Si]1(C)c2ccccc2B2c3ccc(-n4c5c(c6ccccc64)CCCC5)cc3[Si](C)(C)c3cccc1c32. The van der Waals surface area contributed by atoms with Crippen LogP contribution in [0.2, 0.25) is 26.2 Å². The standard InChI is InChI=1S/C34H34BNSi2/c1-37(2)30-17-10-7-14-26(30)35-27-21-20-23(22-33(27)38(3,4)32-19-11-18-31(37)34(32)35)36-28-15-8-5-12-24(28)25-13-6-9-16-29(25)36/h5,7-8,10-12,14-15,17-22H,6,9,13,16H2,1-4H3. The van der Waals surface area contributed by atoms with Gasteiger partial charge in [-0.15, -0.1) is 0 Å². The van der Waals surface area contributed by atoms with Crippen LogP contribution in [0.15, 0.2) is 84.9 Å². The predicted molar refractivity (Wildman–Crippen MR) is 171 cm³/mol. The molecule has 3 heterocycles. The number of benzene rings is 4. The third-order valence-corrected chi connectivity index (χ3v) is 17.3. The van der Waals surface area contributed by atoms with Crippen molar-refractivity contribution in [1.82, 2.24) is 4.57 Å². The molecule has 0 N–H and O–H groups in total. The molecule has 0 radical (unpaired) electrons. The highest BCUT2D eigenvalue weighted by atomic mass is 28.3. The molecule has 186 valence electrons. The minimum atomic E-state index is -1.91. The van der Waals surface area contributed by atoms with Crippen molar-refractivity contribution in [1.29, 1.82) is 0 Å². The third-order valence-electron chi connectivity index (χ3n) is 10.1. The van der Waals surface area contributed by atoms with Crippen LogP contribution in [0.4, 0.5) is 0 Å². The van der Waals surface area contributed by atoms with E-state index in [9.17, 15) is 0 Å². The first-order valence-corrected chi connectivity index (χ1v) is 20.4. The molecule has 0 spiro atoms. The zero-order chi connectivity index (χ0) is 25.8. The van der Waals surface area contributed by atoms with E-state index < -0.39 is 16.1 Å². The lowest BCUT2D eigenvalue weighted by atomic mass is 9.36. The molecule has 0 fully saturated rings. The normalized spacial score (nSPS) is 17.9. The molecule has 0 atom stereocenters. The van der Waals surface area contributed by atoms with E-state index in [1.807, 2.05) is 0 Å². The fraction of sp³-hybridized carbons (Fsp3) is 0.235. The zero-order valence-corrected chi connectivity index (χ0v) is 24.9. The van der Waals surface area contributed by atoms with E-state index in [2.05, 4.69) is 116 Å². The Morgan fingerprint density at radius 3 is 2.13 bits per heavy atom. The molecule has 0 bridgehead atoms. The van der Waals surface area contributed by atoms with Crippen LogP contribution < -0.4 is 37.1 Å². The molecule has 2 aliphatic heterocycles. The summed E-state index contributed by atoms with van der Waals surface area (Å²) in [4.78, 5) is 0. The molecule has 1 aliphatic carbocycles. The second-order valence-corrected chi connectivity index (χ2v) is 21.4. The second-order valence-electron chi connectivity index (χ2n) is 12.8. The van der Waals surface area contributed by atoms with Gasteiger partial charge >= 0.3 is 0 Å². The smallest absolute Gasteiger partial charge is 0.240 e. The number of nitrogens with zero attached hydrogens (tertiary/aromatic N) is 1. The minimum absolute atomic E-state index is 0.359. The first-order chi connectivity index (χ1) is 18.4. The monoisotopic (exact) mass is 523 g/mol. The Morgan fingerprint density at radius 1 is 0.632 bits per heavy atom. The highest BCUT2D eigenvalue weighted by Crippen LogP contribution is 2.34. The number of para-hydroxylation sites is 1. The Balaban J connectivity index is 1.42. The van der Waals surface area contributed by atoms with Gasteiger partial charge in [0.1, 0.15) is 16.1 Å². The van der Waals surface area contributed by atoms with Gasteiger partial charge in [-0.2, -0.15) is 0 Å². The molecule has 0 saturated carbocycles. The molecule has 0 saturated heterocycles. The molecule has 8 rings (SSSR count). The largest absolute Gasteiger partial charge is 0.313 e. The minimum Gasteiger partial charge on any atom is -0.313 e. The topological polar surface area (TPSA) is 4.93 Å². The molecule has 1 aromatic heterocycles. The number of hydrogen-bond donors (Lipinski definition) is 0. The van der Waals surface area contributed by atoms with Crippen LogP contribution in [-0.2, 0) is 12.8 Å². The van der Waals surface area contributed by atoms with Crippen LogP contribution in [0.25, 0.3) is 16.6 Å². The number of aromatic nitrogens is 1. The van der Waals surface area contributed by atoms with E-state index in [-0.39, 0.29) is 0 Å². The molecule has 1 nitrogen and oxygen atoms in total. The van der Waals surface area contributed by atoms with Crippen molar-refractivity contribution < 1.29 is 0 Å². The lowest BCUT2D eigenvalue weighted by Gasteiger charge is -2.45. The summed E-state index contributed by atoms with van der Waals surface area (Å²) in [6.07, 6.45) is 5.00. The maximum atomic E-state index is 2.62. The molecule has 0 unspecified atom stereocenters. The fourth-order valence-corrected chi connectivity index (χ4v) is 14.9. The van der Waals surface area contributed by atoms with Gasteiger partial charge < -0.3 is 4.57 Å².